The molecular weight excluding hydrogens is 488 g/mol. The van der Waals surface area contributed by atoms with Crippen molar-refractivity contribution in [2.75, 3.05) is 5.32 Å². The van der Waals surface area contributed by atoms with Crippen molar-refractivity contribution in [3.05, 3.63) is 126 Å². The van der Waals surface area contributed by atoms with Gasteiger partial charge in [-0.05, 0) is 53.4 Å². The normalized spacial score (nSPS) is 11.8. The fraction of sp³-hybridized carbons (Fsp3) is 0.0968. The van der Waals surface area contributed by atoms with Crippen LogP contribution >= 0.6 is 0 Å². The number of nitrogens with zero attached hydrogens (tertiary/aromatic N) is 2. The Morgan fingerprint density at radius 2 is 1.36 bits per heavy atom. The molecule has 0 saturated heterocycles. The van der Waals surface area contributed by atoms with Crippen LogP contribution in [0.1, 0.15) is 28.4 Å². The van der Waals surface area contributed by atoms with Gasteiger partial charge in [-0.3, -0.25) is 9.59 Å². The summed E-state index contributed by atoms with van der Waals surface area (Å²) >= 11 is 0. The van der Waals surface area contributed by atoms with Crippen LogP contribution in [0.5, 0.6) is 0 Å². The molecule has 196 valence electrons. The van der Waals surface area contributed by atoms with Gasteiger partial charge in [-0.1, -0.05) is 84.9 Å². The van der Waals surface area contributed by atoms with Crippen molar-refractivity contribution < 1.29 is 9.59 Å². The monoisotopic (exact) mass is 518 g/mol. The first-order valence-corrected chi connectivity index (χ1v) is 12.4. The summed E-state index contributed by atoms with van der Waals surface area (Å²) in [5.74, 6) is -0.819. The minimum atomic E-state index is -0.819. The molecule has 2 amide bonds. The molecule has 1 atom stereocenters. The minimum absolute atomic E-state index is 0.146. The highest BCUT2D eigenvalue weighted by atomic mass is 16.2. The molecule has 6 N–H and O–H groups in total. The van der Waals surface area contributed by atoms with Crippen LogP contribution in [0.15, 0.2) is 119 Å². The summed E-state index contributed by atoms with van der Waals surface area (Å²) in [5.41, 5.74) is 16.1. The van der Waals surface area contributed by atoms with Gasteiger partial charge in [0.1, 0.15) is 6.04 Å². The molecule has 0 aliphatic rings. The van der Waals surface area contributed by atoms with Gasteiger partial charge < -0.3 is 22.1 Å². The molecule has 0 bridgehead atoms. The lowest BCUT2D eigenvalue weighted by atomic mass is 10.00. The minimum Gasteiger partial charge on any atom is -0.369 e. The van der Waals surface area contributed by atoms with Crippen LogP contribution in [0.4, 0.5) is 5.69 Å². The fourth-order valence-electron chi connectivity index (χ4n) is 3.98. The second-order valence-corrected chi connectivity index (χ2v) is 8.94. The second kappa shape index (κ2) is 12.8. The van der Waals surface area contributed by atoms with Crippen molar-refractivity contribution in [2.45, 2.75) is 19.4 Å². The van der Waals surface area contributed by atoms with Crippen molar-refractivity contribution in [3.8, 4) is 11.1 Å². The Kier molecular flexibility index (Phi) is 8.82. The maximum Gasteiger partial charge on any atom is 0.251 e. The van der Waals surface area contributed by atoms with E-state index in [4.69, 9.17) is 11.5 Å². The van der Waals surface area contributed by atoms with E-state index in [1.165, 1.54) is 0 Å². The summed E-state index contributed by atoms with van der Waals surface area (Å²) in [6, 6.07) is 33.2. The Morgan fingerprint density at radius 1 is 0.744 bits per heavy atom. The molecule has 0 saturated carbocycles. The van der Waals surface area contributed by atoms with Gasteiger partial charge in [0.15, 0.2) is 0 Å². The molecule has 0 aliphatic carbocycles. The Morgan fingerprint density at radius 3 is 2.03 bits per heavy atom. The highest BCUT2D eigenvalue weighted by Gasteiger charge is 2.22. The molecule has 8 nitrogen and oxygen atoms in total. The van der Waals surface area contributed by atoms with Gasteiger partial charge in [-0.15, -0.1) is 5.10 Å². The molecule has 4 aromatic carbocycles. The average molecular weight is 519 g/mol. The molecular formula is C31H30N6O2. The topological polar surface area (TPSA) is 135 Å². The van der Waals surface area contributed by atoms with Crippen molar-refractivity contribution >= 4 is 29.2 Å². The van der Waals surface area contributed by atoms with E-state index in [1.54, 1.807) is 49.4 Å². The molecule has 0 aliphatic heterocycles. The molecule has 8 heteroatoms. The predicted octanol–water partition coefficient (Wildman–Crippen LogP) is 4.33. The van der Waals surface area contributed by atoms with Gasteiger partial charge in [0, 0.05) is 17.7 Å². The van der Waals surface area contributed by atoms with Gasteiger partial charge >= 0.3 is 0 Å². The second-order valence-electron chi connectivity index (χ2n) is 8.94. The predicted molar refractivity (Wildman–Crippen MR) is 156 cm³/mol. The van der Waals surface area contributed by atoms with Gasteiger partial charge in [0.25, 0.3) is 5.91 Å². The molecule has 39 heavy (non-hydrogen) atoms. The van der Waals surface area contributed by atoms with E-state index >= 15 is 0 Å². The number of anilines is 1. The standard InChI is InChI=1S/C31H30N6O2/c1-21(36-37-31(32)33)26-13-8-14-27(20-26)34-30(39)28(35-29(38)25-11-6-3-7-12-25)19-22-15-17-24(18-16-22)23-9-4-2-5-10-23/h2-18,20,28H,19H2,1H3,(H,34,39)(H,35,38)(H4,32,33,37)/b36-21+/t28-/m0/s1. The van der Waals surface area contributed by atoms with Gasteiger partial charge in [-0.25, -0.2) is 0 Å². The zero-order valence-corrected chi connectivity index (χ0v) is 21.5. The van der Waals surface area contributed by atoms with Gasteiger partial charge in [0.2, 0.25) is 11.9 Å². The highest BCUT2D eigenvalue weighted by molar-refractivity contribution is 6.03. The number of hydrogen-bond acceptors (Lipinski definition) is 4. The van der Waals surface area contributed by atoms with E-state index < -0.39 is 6.04 Å². The third-order valence-corrected chi connectivity index (χ3v) is 6.02. The summed E-state index contributed by atoms with van der Waals surface area (Å²) in [6.07, 6.45) is 0.310. The molecule has 4 rings (SSSR count). The lowest BCUT2D eigenvalue weighted by Crippen LogP contribution is -2.45. The molecule has 0 fully saturated rings. The van der Waals surface area contributed by atoms with E-state index in [1.807, 2.05) is 66.7 Å². The number of carbonyl (C=O) groups excluding carboxylic acids is 2. The largest absolute Gasteiger partial charge is 0.369 e. The van der Waals surface area contributed by atoms with Gasteiger partial charge in [0.05, 0.1) is 5.71 Å². The molecule has 0 radical (unpaired) electrons. The first-order valence-electron chi connectivity index (χ1n) is 12.4. The van der Waals surface area contributed by atoms with E-state index in [0.717, 1.165) is 22.3 Å². The Balaban J connectivity index is 1.55. The number of guanidine groups is 1. The highest BCUT2D eigenvalue weighted by Crippen LogP contribution is 2.20. The molecule has 0 heterocycles. The number of benzene rings is 4. The summed E-state index contributed by atoms with van der Waals surface area (Å²) in [4.78, 5) is 26.4. The lowest BCUT2D eigenvalue weighted by molar-refractivity contribution is -0.118. The molecule has 0 aromatic heterocycles. The van der Waals surface area contributed by atoms with Gasteiger partial charge in [-0.2, -0.15) is 5.10 Å². The molecule has 0 unspecified atom stereocenters. The summed E-state index contributed by atoms with van der Waals surface area (Å²) in [6.45, 7) is 1.76. The zero-order valence-electron chi connectivity index (χ0n) is 21.5. The average Bonchev–Trinajstić information content (AvgIpc) is 2.97. The van der Waals surface area contributed by atoms with Crippen LogP contribution in [-0.4, -0.2) is 29.5 Å². The molecule has 4 aromatic rings. The Labute approximate surface area is 227 Å². The van der Waals surface area contributed by atoms with E-state index in [-0.39, 0.29) is 17.8 Å². The van der Waals surface area contributed by atoms with Crippen molar-refractivity contribution in [2.24, 2.45) is 21.7 Å². The third-order valence-electron chi connectivity index (χ3n) is 6.02. The van der Waals surface area contributed by atoms with E-state index in [9.17, 15) is 9.59 Å². The maximum absolute atomic E-state index is 13.5. The van der Waals surface area contributed by atoms with Crippen LogP contribution in [0.2, 0.25) is 0 Å². The Bertz CT molecular complexity index is 1480. The van der Waals surface area contributed by atoms with E-state index in [0.29, 0.717) is 23.4 Å². The molecule has 0 spiro atoms. The lowest BCUT2D eigenvalue weighted by Gasteiger charge is -2.19. The number of carbonyl (C=O) groups is 2. The van der Waals surface area contributed by atoms with Crippen LogP contribution in [-0.2, 0) is 11.2 Å². The third kappa shape index (κ3) is 7.62. The number of nitrogens with two attached hydrogens (primary N) is 2. The van der Waals surface area contributed by atoms with Crippen molar-refractivity contribution in [1.29, 1.82) is 0 Å². The first-order chi connectivity index (χ1) is 18.9. The number of rotatable bonds is 9. The van der Waals surface area contributed by atoms with Crippen LogP contribution in [0, 0.1) is 0 Å². The van der Waals surface area contributed by atoms with E-state index in [2.05, 4.69) is 20.8 Å². The number of nitrogens with one attached hydrogen (secondary N) is 2. The summed E-state index contributed by atoms with van der Waals surface area (Å²) in [5, 5.41) is 13.5. The SMILES string of the molecule is C/C(=N\N=C(N)N)c1cccc(NC(=O)[C@H](Cc2ccc(-c3ccccc3)cc2)NC(=O)c2ccccc2)c1. The zero-order chi connectivity index (χ0) is 27.6. The number of amides is 2. The van der Waals surface area contributed by atoms with Crippen LogP contribution < -0.4 is 22.1 Å². The van der Waals surface area contributed by atoms with Crippen molar-refractivity contribution in [3.63, 3.8) is 0 Å². The van der Waals surface area contributed by atoms with Crippen LogP contribution in [0.25, 0.3) is 11.1 Å². The summed E-state index contributed by atoms with van der Waals surface area (Å²) < 4.78 is 0. The maximum atomic E-state index is 13.5. The smallest absolute Gasteiger partial charge is 0.251 e. The fourth-order valence-corrected chi connectivity index (χ4v) is 3.98. The number of hydrogen-bond donors (Lipinski definition) is 4. The Hall–Kier alpha value is -5.24. The van der Waals surface area contributed by atoms with Crippen LogP contribution in [0.3, 0.4) is 0 Å². The first kappa shape index (κ1) is 26.8. The van der Waals surface area contributed by atoms with Crippen molar-refractivity contribution in [1.82, 2.24) is 5.32 Å². The quantitative estimate of drug-likeness (QED) is 0.149. The summed E-state index contributed by atoms with van der Waals surface area (Å²) in [7, 11) is 0.